The molecule has 0 radical (unpaired) electrons. The molecular formula is C16H23N3O. The van der Waals surface area contributed by atoms with Gasteiger partial charge < -0.3 is 10.4 Å². The zero-order valence-electron chi connectivity index (χ0n) is 12.2. The highest BCUT2D eigenvalue weighted by Gasteiger charge is 2.14. The Labute approximate surface area is 120 Å². The third-order valence-corrected chi connectivity index (χ3v) is 3.51. The van der Waals surface area contributed by atoms with Gasteiger partial charge in [-0.05, 0) is 25.8 Å². The van der Waals surface area contributed by atoms with E-state index in [0.29, 0.717) is 0 Å². The van der Waals surface area contributed by atoms with Gasteiger partial charge in [0.2, 0.25) is 0 Å². The van der Waals surface area contributed by atoms with Gasteiger partial charge in [-0.25, -0.2) is 0 Å². The molecule has 4 heteroatoms. The predicted octanol–water partition coefficient (Wildman–Crippen LogP) is 2.16. The molecule has 1 heterocycles. The van der Waals surface area contributed by atoms with Crippen molar-refractivity contribution in [1.29, 1.82) is 0 Å². The van der Waals surface area contributed by atoms with Crippen LogP contribution in [0.3, 0.4) is 0 Å². The second kappa shape index (κ2) is 7.22. The summed E-state index contributed by atoms with van der Waals surface area (Å²) in [5, 5.41) is 17.3. The van der Waals surface area contributed by atoms with Crippen molar-refractivity contribution >= 4 is 0 Å². The number of aliphatic hydroxyl groups excluding tert-OH is 1. The number of aromatic nitrogens is 2. The molecule has 1 aromatic heterocycles. The zero-order valence-corrected chi connectivity index (χ0v) is 12.2. The summed E-state index contributed by atoms with van der Waals surface area (Å²) < 4.78 is 1.92. The Hall–Kier alpha value is -1.65. The fourth-order valence-corrected chi connectivity index (χ4v) is 2.30. The molecule has 2 aromatic rings. The van der Waals surface area contributed by atoms with Gasteiger partial charge in [0.25, 0.3) is 0 Å². The third-order valence-electron chi connectivity index (χ3n) is 3.51. The summed E-state index contributed by atoms with van der Waals surface area (Å²) in [7, 11) is 0. The Morgan fingerprint density at radius 1 is 1.30 bits per heavy atom. The van der Waals surface area contributed by atoms with E-state index in [-0.39, 0.29) is 18.7 Å². The van der Waals surface area contributed by atoms with Crippen LogP contribution in [0.15, 0.2) is 42.7 Å². The smallest absolute Gasteiger partial charge is 0.0588 e. The van der Waals surface area contributed by atoms with Gasteiger partial charge in [0, 0.05) is 30.4 Å². The lowest BCUT2D eigenvalue weighted by atomic mass is 10.0. The lowest BCUT2D eigenvalue weighted by Gasteiger charge is -2.21. The minimum atomic E-state index is 0.0531. The molecule has 0 saturated carbocycles. The van der Waals surface area contributed by atoms with Crippen molar-refractivity contribution in [1.82, 2.24) is 15.1 Å². The van der Waals surface area contributed by atoms with Crippen molar-refractivity contribution in [3.8, 4) is 0 Å². The van der Waals surface area contributed by atoms with Crippen molar-refractivity contribution in [2.75, 3.05) is 6.61 Å². The van der Waals surface area contributed by atoms with E-state index in [1.165, 1.54) is 5.56 Å². The molecule has 4 nitrogen and oxygen atoms in total. The molecule has 0 aliphatic carbocycles. The first-order chi connectivity index (χ1) is 9.72. The first-order valence-corrected chi connectivity index (χ1v) is 7.16. The van der Waals surface area contributed by atoms with Gasteiger partial charge in [0.15, 0.2) is 0 Å². The summed E-state index contributed by atoms with van der Waals surface area (Å²) >= 11 is 0. The summed E-state index contributed by atoms with van der Waals surface area (Å²) in [5.41, 5.74) is 2.38. The van der Waals surface area contributed by atoms with Gasteiger partial charge in [-0.15, -0.1) is 0 Å². The fourth-order valence-electron chi connectivity index (χ4n) is 2.30. The summed E-state index contributed by atoms with van der Waals surface area (Å²) in [6.07, 6.45) is 4.76. The van der Waals surface area contributed by atoms with E-state index < -0.39 is 0 Å². The number of nitrogens with zero attached hydrogens (tertiary/aromatic N) is 2. The number of aryl methyl sites for hydroxylation is 1. The van der Waals surface area contributed by atoms with Gasteiger partial charge in [-0.2, -0.15) is 5.10 Å². The lowest BCUT2D eigenvalue weighted by molar-refractivity contribution is 0.232. The molecule has 0 aliphatic rings. The van der Waals surface area contributed by atoms with Crippen LogP contribution in [0.4, 0.5) is 0 Å². The minimum absolute atomic E-state index is 0.0531. The van der Waals surface area contributed by atoms with E-state index in [2.05, 4.69) is 42.6 Å². The second-order valence-corrected chi connectivity index (χ2v) is 5.09. The standard InChI is InChI=1S/C16H23N3O/c1-3-19-11-15(10-17-19)13(2)18-16(12-20)9-14-7-5-4-6-8-14/h4-8,10-11,13,16,18,20H,3,9,12H2,1-2H3. The number of hydrogen-bond donors (Lipinski definition) is 2. The predicted molar refractivity (Wildman–Crippen MR) is 80.5 cm³/mol. The Kier molecular flexibility index (Phi) is 5.32. The molecule has 2 N–H and O–H groups in total. The van der Waals surface area contributed by atoms with Crippen LogP contribution in [0.5, 0.6) is 0 Å². The number of nitrogens with one attached hydrogen (secondary N) is 1. The Morgan fingerprint density at radius 2 is 2.05 bits per heavy atom. The first-order valence-electron chi connectivity index (χ1n) is 7.16. The maximum Gasteiger partial charge on any atom is 0.0588 e. The first kappa shape index (κ1) is 14.8. The molecule has 0 amide bonds. The number of aliphatic hydroxyl groups is 1. The lowest BCUT2D eigenvalue weighted by Crippen LogP contribution is -2.36. The van der Waals surface area contributed by atoms with Gasteiger partial charge in [-0.1, -0.05) is 30.3 Å². The van der Waals surface area contributed by atoms with Crippen molar-refractivity contribution in [3.05, 3.63) is 53.9 Å². The van der Waals surface area contributed by atoms with Crippen LogP contribution in [0.25, 0.3) is 0 Å². The van der Waals surface area contributed by atoms with E-state index in [0.717, 1.165) is 18.5 Å². The van der Waals surface area contributed by atoms with E-state index >= 15 is 0 Å². The maximum absolute atomic E-state index is 9.55. The van der Waals surface area contributed by atoms with Gasteiger partial charge in [0.1, 0.15) is 0 Å². The molecule has 1 aromatic carbocycles. The van der Waals surface area contributed by atoms with E-state index in [9.17, 15) is 5.11 Å². The molecule has 0 fully saturated rings. The van der Waals surface area contributed by atoms with Gasteiger partial charge in [0.05, 0.1) is 12.8 Å². The van der Waals surface area contributed by atoms with Crippen LogP contribution >= 0.6 is 0 Å². The van der Waals surface area contributed by atoms with Crippen LogP contribution < -0.4 is 5.32 Å². The zero-order chi connectivity index (χ0) is 14.4. The summed E-state index contributed by atoms with van der Waals surface area (Å²) in [6.45, 7) is 5.17. The Bertz CT molecular complexity index is 509. The molecule has 2 unspecified atom stereocenters. The van der Waals surface area contributed by atoms with Crippen LogP contribution in [-0.4, -0.2) is 27.5 Å². The number of rotatable bonds is 7. The molecule has 0 aliphatic heterocycles. The molecule has 0 bridgehead atoms. The van der Waals surface area contributed by atoms with E-state index in [1.54, 1.807) is 0 Å². The maximum atomic E-state index is 9.55. The Morgan fingerprint density at radius 3 is 2.65 bits per heavy atom. The fraction of sp³-hybridized carbons (Fsp3) is 0.438. The van der Waals surface area contributed by atoms with Gasteiger partial charge in [-0.3, -0.25) is 4.68 Å². The third kappa shape index (κ3) is 3.92. The van der Waals surface area contributed by atoms with Crippen molar-refractivity contribution in [3.63, 3.8) is 0 Å². The topological polar surface area (TPSA) is 50.1 Å². The second-order valence-electron chi connectivity index (χ2n) is 5.09. The summed E-state index contributed by atoms with van der Waals surface area (Å²) in [4.78, 5) is 0. The summed E-state index contributed by atoms with van der Waals surface area (Å²) in [5.74, 6) is 0. The van der Waals surface area contributed by atoms with Gasteiger partial charge >= 0.3 is 0 Å². The highest BCUT2D eigenvalue weighted by atomic mass is 16.3. The summed E-state index contributed by atoms with van der Waals surface area (Å²) in [6, 6.07) is 10.5. The quantitative estimate of drug-likeness (QED) is 0.813. The van der Waals surface area contributed by atoms with Crippen LogP contribution in [-0.2, 0) is 13.0 Å². The van der Waals surface area contributed by atoms with Crippen LogP contribution in [0, 0.1) is 0 Å². The van der Waals surface area contributed by atoms with Crippen molar-refractivity contribution < 1.29 is 5.11 Å². The Balaban J connectivity index is 1.95. The average Bonchev–Trinajstić information content (AvgIpc) is 2.96. The monoisotopic (exact) mass is 273 g/mol. The SMILES string of the molecule is CCn1cc(C(C)NC(CO)Cc2ccccc2)cn1. The van der Waals surface area contributed by atoms with Crippen LogP contribution in [0.1, 0.15) is 31.0 Å². The number of benzene rings is 1. The largest absolute Gasteiger partial charge is 0.395 e. The molecule has 2 rings (SSSR count). The normalized spacial score (nSPS) is 14.2. The number of hydrogen-bond acceptors (Lipinski definition) is 3. The van der Waals surface area contributed by atoms with Crippen LogP contribution in [0.2, 0.25) is 0 Å². The molecular weight excluding hydrogens is 250 g/mol. The average molecular weight is 273 g/mol. The molecule has 20 heavy (non-hydrogen) atoms. The van der Waals surface area contributed by atoms with E-state index in [1.807, 2.05) is 29.1 Å². The molecule has 0 saturated heterocycles. The van der Waals surface area contributed by atoms with E-state index in [4.69, 9.17) is 0 Å². The highest BCUT2D eigenvalue weighted by Crippen LogP contribution is 2.13. The van der Waals surface area contributed by atoms with Crippen molar-refractivity contribution in [2.45, 2.75) is 38.9 Å². The molecule has 0 spiro atoms. The minimum Gasteiger partial charge on any atom is -0.395 e. The highest BCUT2D eigenvalue weighted by molar-refractivity contribution is 5.16. The van der Waals surface area contributed by atoms with Crippen molar-refractivity contribution in [2.24, 2.45) is 0 Å². The molecule has 2 atom stereocenters. The molecule has 108 valence electrons.